The van der Waals surface area contributed by atoms with Gasteiger partial charge in [-0.3, -0.25) is 4.79 Å². The van der Waals surface area contributed by atoms with E-state index < -0.39 is 0 Å². The summed E-state index contributed by atoms with van der Waals surface area (Å²) in [5.41, 5.74) is 0.554. The Balaban J connectivity index is 1.27. The van der Waals surface area contributed by atoms with Crippen LogP contribution in [0.15, 0.2) is 24.3 Å². The molecule has 1 aromatic carbocycles. The van der Waals surface area contributed by atoms with Crippen LogP contribution in [-0.4, -0.2) is 55.1 Å². The molecular formula is C20H29ClN4O2. The Kier molecular flexibility index (Phi) is 7.35. The van der Waals surface area contributed by atoms with Crippen molar-refractivity contribution in [2.45, 2.75) is 50.6 Å². The summed E-state index contributed by atoms with van der Waals surface area (Å²) in [6.45, 7) is 2.93. The molecule has 0 radical (unpaired) electrons. The first kappa shape index (κ1) is 20.0. The van der Waals surface area contributed by atoms with Crippen LogP contribution in [0.25, 0.3) is 0 Å². The van der Waals surface area contributed by atoms with E-state index in [0.29, 0.717) is 23.7 Å². The highest BCUT2D eigenvalue weighted by Crippen LogP contribution is 2.26. The van der Waals surface area contributed by atoms with Crippen molar-refractivity contribution in [3.05, 3.63) is 34.9 Å². The van der Waals surface area contributed by atoms with E-state index in [0.717, 1.165) is 32.0 Å². The Bertz CT molecular complexity index is 623. The molecule has 0 atom stereocenters. The molecule has 2 aliphatic rings. The van der Waals surface area contributed by atoms with Crippen LogP contribution in [0, 0.1) is 0 Å². The van der Waals surface area contributed by atoms with E-state index in [-0.39, 0.29) is 18.0 Å². The molecule has 7 heteroatoms. The van der Waals surface area contributed by atoms with Crippen LogP contribution in [-0.2, 0) is 0 Å². The number of hydrogen-bond acceptors (Lipinski definition) is 3. The lowest BCUT2D eigenvalue weighted by Gasteiger charge is -2.36. The maximum absolute atomic E-state index is 12.0. The molecule has 0 spiro atoms. The zero-order valence-corrected chi connectivity index (χ0v) is 16.4. The van der Waals surface area contributed by atoms with Gasteiger partial charge in [0.1, 0.15) is 0 Å². The fraction of sp³-hybridized carbons (Fsp3) is 0.600. The predicted octanol–water partition coefficient (Wildman–Crippen LogP) is 2.78. The van der Waals surface area contributed by atoms with Crippen molar-refractivity contribution < 1.29 is 9.59 Å². The molecule has 1 aliphatic carbocycles. The van der Waals surface area contributed by atoms with Gasteiger partial charge in [-0.1, -0.05) is 24.4 Å². The summed E-state index contributed by atoms with van der Waals surface area (Å²) in [6, 6.07) is 7.57. The number of halogens is 1. The number of benzene rings is 1. The number of urea groups is 1. The summed E-state index contributed by atoms with van der Waals surface area (Å²) in [6.07, 6.45) is 7.41. The van der Waals surface area contributed by atoms with Crippen molar-refractivity contribution in [2.75, 3.05) is 26.2 Å². The molecular weight excluding hydrogens is 364 g/mol. The highest BCUT2D eigenvalue weighted by atomic mass is 35.5. The van der Waals surface area contributed by atoms with Crippen molar-refractivity contribution >= 4 is 23.5 Å². The molecule has 3 rings (SSSR count). The fourth-order valence-electron chi connectivity index (χ4n) is 3.97. The van der Waals surface area contributed by atoms with Gasteiger partial charge in [0.25, 0.3) is 5.91 Å². The zero-order chi connectivity index (χ0) is 19.1. The second-order valence-corrected chi connectivity index (χ2v) is 7.85. The van der Waals surface area contributed by atoms with Crippen LogP contribution in [0.2, 0.25) is 5.02 Å². The molecule has 6 nitrogen and oxygen atoms in total. The Morgan fingerprint density at radius 3 is 2.26 bits per heavy atom. The Morgan fingerprint density at radius 1 is 0.963 bits per heavy atom. The average molecular weight is 393 g/mol. The van der Waals surface area contributed by atoms with E-state index in [1.54, 1.807) is 24.3 Å². The number of rotatable bonds is 6. The highest BCUT2D eigenvalue weighted by Gasteiger charge is 2.27. The van der Waals surface area contributed by atoms with Gasteiger partial charge < -0.3 is 20.9 Å². The summed E-state index contributed by atoms with van der Waals surface area (Å²) < 4.78 is 0. The van der Waals surface area contributed by atoms with E-state index >= 15 is 0 Å². The van der Waals surface area contributed by atoms with Crippen LogP contribution >= 0.6 is 11.6 Å². The molecule has 0 bridgehead atoms. The quantitative estimate of drug-likeness (QED) is 0.652. The first-order valence-electron chi connectivity index (χ1n) is 9.94. The van der Waals surface area contributed by atoms with Gasteiger partial charge in [-0.05, 0) is 49.9 Å². The minimum Gasteiger partial charge on any atom is -0.350 e. The maximum Gasteiger partial charge on any atom is 0.315 e. The zero-order valence-electron chi connectivity index (χ0n) is 15.7. The van der Waals surface area contributed by atoms with Crippen molar-refractivity contribution in [1.82, 2.24) is 20.9 Å². The summed E-state index contributed by atoms with van der Waals surface area (Å²) in [5, 5.41) is 9.24. The number of amides is 3. The smallest absolute Gasteiger partial charge is 0.315 e. The van der Waals surface area contributed by atoms with Gasteiger partial charge in [0, 0.05) is 48.8 Å². The third-order valence-corrected chi connectivity index (χ3v) is 5.76. The summed E-state index contributed by atoms with van der Waals surface area (Å²) in [4.78, 5) is 26.6. The minimum atomic E-state index is -0.173. The molecule has 148 valence electrons. The monoisotopic (exact) mass is 392 g/mol. The lowest BCUT2D eigenvalue weighted by molar-refractivity contribution is 0.0953. The molecule has 3 N–H and O–H groups in total. The number of carbonyl (C=O) groups is 2. The topological polar surface area (TPSA) is 73.5 Å². The number of likely N-dealkylation sites (tertiary alicyclic amines) is 1. The number of nitrogens with zero attached hydrogens (tertiary/aromatic N) is 1. The van der Waals surface area contributed by atoms with Crippen LogP contribution in [0.4, 0.5) is 4.79 Å². The van der Waals surface area contributed by atoms with E-state index in [2.05, 4.69) is 20.9 Å². The summed E-state index contributed by atoms with van der Waals surface area (Å²) >= 11 is 5.81. The normalized spacial score (nSPS) is 19.0. The lowest BCUT2D eigenvalue weighted by Crippen LogP contribution is -2.50. The lowest BCUT2D eigenvalue weighted by atomic mass is 10.0. The van der Waals surface area contributed by atoms with Gasteiger partial charge in [-0.25, -0.2) is 4.79 Å². The largest absolute Gasteiger partial charge is 0.350 e. The number of hydrogen-bond donors (Lipinski definition) is 3. The molecule has 1 aromatic rings. The molecule has 3 amide bonds. The van der Waals surface area contributed by atoms with E-state index in [9.17, 15) is 9.59 Å². The molecule has 1 heterocycles. The predicted molar refractivity (Wildman–Crippen MR) is 107 cm³/mol. The van der Waals surface area contributed by atoms with E-state index in [1.165, 1.54) is 25.7 Å². The molecule has 27 heavy (non-hydrogen) atoms. The molecule has 0 unspecified atom stereocenters. The minimum absolute atomic E-state index is 0.157. The van der Waals surface area contributed by atoms with Gasteiger partial charge >= 0.3 is 6.03 Å². The molecule has 1 saturated carbocycles. The second-order valence-electron chi connectivity index (χ2n) is 7.41. The first-order chi connectivity index (χ1) is 13.1. The van der Waals surface area contributed by atoms with Crippen LogP contribution in [0.1, 0.15) is 48.9 Å². The maximum atomic E-state index is 12.0. The second kappa shape index (κ2) is 9.95. The SMILES string of the molecule is O=C(NCCNC(=O)c1ccc(Cl)cc1)NC1CCN(C2CCCC2)CC1. The Morgan fingerprint density at radius 2 is 1.59 bits per heavy atom. The Hall–Kier alpha value is -1.79. The molecule has 1 saturated heterocycles. The standard InChI is InChI=1S/C20H29ClN4O2/c21-16-7-5-15(6-8-16)19(26)22-11-12-23-20(27)24-17-9-13-25(14-10-17)18-3-1-2-4-18/h5-8,17-18H,1-4,9-14H2,(H,22,26)(H2,23,24,27). The summed E-state index contributed by atoms with van der Waals surface area (Å²) in [7, 11) is 0. The fourth-order valence-corrected chi connectivity index (χ4v) is 4.10. The van der Waals surface area contributed by atoms with Gasteiger partial charge in [0.15, 0.2) is 0 Å². The van der Waals surface area contributed by atoms with Gasteiger partial charge in [-0.15, -0.1) is 0 Å². The van der Waals surface area contributed by atoms with Crippen molar-refractivity contribution in [1.29, 1.82) is 0 Å². The van der Waals surface area contributed by atoms with Crippen LogP contribution in [0.5, 0.6) is 0 Å². The third-order valence-electron chi connectivity index (χ3n) is 5.51. The summed E-state index contributed by atoms with van der Waals surface area (Å²) in [5.74, 6) is -0.173. The first-order valence-corrected chi connectivity index (χ1v) is 10.3. The van der Waals surface area contributed by atoms with Gasteiger partial charge in [0.2, 0.25) is 0 Å². The number of nitrogens with one attached hydrogen (secondary N) is 3. The molecule has 0 aromatic heterocycles. The molecule has 1 aliphatic heterocycles. The molecule has 2 fully saturated rings. The van der Waals surface area contributed by atoms with Crippen molar-refractivity contribution in [3.63, 3.8) is 0 Å². The number of piperidine rings is 1. The third kappa shape index (κ3) is 6.11. The van der Waals surface area contributed by atoms with Crippen molar-refractivity contribution in [2.24, 2.45) is 0 Å². The van der Waals surface area contributed by atoms with Crippen LogP contribution < -0.4 is 16.0 Å². The average Bonchev–Trinajstić information content (AvgIpc) is 3.21. The van der Waals surface area contributed by atoms with Gasteiger partial charge in [-0.2, -0.15) is 0 Å². The highest BCUT2D eigenvalue weighted by molar-refractivity contribution is 6.30. The van der Waals surface area contributed by atoms with Gasteiger partial charge in [0.05, 0.1) is 0 Å². The van der Waals surface area contributed by atoms with E-state index in [1.807, 2.05) is 0 Å². The van der Waals surface area contributed by atoms with Crippen LogP contribution in [0.3, 0.4) is 0 Å². The Labute approximate surface area is 166 Å². The number of carbonyl (C=O) groups excluding carboxylic acids is 2. The van der Waals surface area contributed by atoms with E-state index in [4.69, 9.17) is 11.6 Å². The van der Waals surface area contributed by atoms with Crippen molar-refractivity contribution in [3.8, 4) is 0 Å².